The summed E-state index contributed by atoms with van der Waals surface area (Å²) >= 11 is 0. The molecule has 1 aliphatic rings. The van der Waals surface area contributed by atoms with Gasteiger partial charge < -0.3 is 9.64 Å². The summed E-state index contributed by atoms with van der Waals surface area (Å²) in [5.74, 6) is 6.01. The summed E-state index contributed by atoms with van der Waals surface area (Å²) in [7, 11) is 0. The third kappa shape index (κ3) is 2.98. The number of nitrogens with one attached hydrogen (secondary N) is 1. The molecule has 0 bridgehead atoms. The van der Waals surface area contributed by atoms with Crippen LogP contribution in [0.15, 0.2) is 24.3 Å². The molecule has 0 saturated heterocycles. The minimum atomic E-state index is -0.238. The molecular weight excluding hydrogens is 242 g/mol. The minimum absolute atomic E-state index is 0.140. The first-order valence-electron chi connectivity index (χ1n) is 6.77. The number of anilines is 1. The standard InChI is InChI=1S/C14H21N3O2/c1-2-6-12(14(18)16-15)17-9-5-10-19-13-8-4-3-7-11(13)17/h3-4,7-8,12H,2,5-6,9-10,15H2,1H3,(H,16,18). The van der Waals surface area contributed by atoms with E-state index < -0.39 is 0 Å². The fourth-order valence-corrected chi connectivity index (χ4v) is 2.48. The maximum Gasteiger partial charge on any atom is 0.256 e. The summed E-state index contributed by atoms with van der Waals surface area (Å²) in [6.45, 7) is 3.54. The van der Waals surface area contributed by atoms with Gasteiger partial charge in [0.1, 0.15) is 11.8 Å². The average molecular weight is 263 g/mol. The number of rotatable bonds is 4. The quantitative estimate of drug-likeness (QED) is 0.490. The van der Waals surface area contributed by atoms with E-state index in [1.807, 2.05) is 24.3 Å². The highest BCUT2D eigenvalue weighted by Crippen LogP contribution is 2.32. The molecule has 1 aliphatic heterocycles. The Balaban J connectivity index is 2.33. The molecular formula is C14H21N3O2. The molecule has 104 valence electrons. The summed E-state index contributed by atoms with van der Waals surface area (Å²) in [5.41, 5.74) is 3.25. The molecule has 1 heterocycles. The highest BCUT2D eigenvalue weighted by Gasteiger charge is 2.28. The largest absolute Gasteiger partial charge is 0.491 e. The molecule has 1 aromatic carbocycles. The van der Waals surface area contributed by atoms with E-state index >= 15 is 0 Å². The molecule has 1 aromatic rings. The van der Waals surface area contributed by atoms with Gasteiger partial charge in [0, 0.05) is 6.54 Å². The number of fused-ring (bicyclic) bond motifs is 1. The lowest BCUT2D eigenvalue weighted by atomic mass is 10.1. The average Bonchev–Trinajstić information content (AvgIpc) is 2.66. The second kappa shape index (κ2) is 6.43. The van der Waals surface area contributed by atoms with Gasteiger partial charge in [0.25, 0.3) is 5.91 Å². The Hall–Kier alpha value is -1.75. The van der Waals surface area contributed by atoms with Gasteiger partial charge in [-0.3, -0.25) is 10.2 Å². The van der Waals surface area contributed by atoms with Crippen LogP contribution in [-0.4, -0.2) is 25.1 Å². The van der Waals surface area contributed by atoms with Crippen LogP contribution in [0.2, 0.25) is 0 Å². The molecule has 5 nitrogen and oxygen atoms in total. The Kier molecular flexibility index (Phi) is 4.63. The topological polar surface area (TPSA) is 67.6 Å². The lowest BCUT2D eigenvalue weighted by Crippen LogP contribution is -2.49. The summed E-state index contributed by atoms with van der Waals surface area (Å²) in [6, 6.07) is 7.60. The maximum absolute atomic E-state index is 12.0. The van der Waals surface area contributed by atoms with Crippen LogP contribution in [0.5, 0.6) is 5.75 Å². The number of hydrazine groups is 1. The Bertz CT molecular complexity index is 436. The number of benzene rings is 1. The molecule has 3 N–H and O–H groups in total. The van der Waals surface area contributed by atoms with Crippen LogP contribution in [0.3, 0.4) is 0 Å². The number of ether oxygens (including phenoxy) is 1. The fourth-order valence-electron chi connectivity index (χ4n) is 2.48. The van der Waals surface area contributed by atoms with Gasteiger partial charge in [-0.25, -0.2) is 5.84 Å². The van der Waals surface area contributed by atoms with Crippen molar-refractivity contribution in [1.82, 2.24) is 5.43 Å². The highest BCUT2D eigenvalue weighted by molar-refractivity contribution is 5.85. The number of hydrogen-bond donors (Lipinski definition) is 2. The molecule has 2 rings (SSSR count). The van der Waals surface area contributed by atoms with E-state index in [0.29, 0.717) is 6.61 Å². The predicted molar refractivity (Wildman–Crippen MR) is 74.9 cm³/mol. The van der Waals surface area contributed by atoms with Gasteiger partial charge in [0.15, 0.2) is 0 Å². The summed E-state index contributed by atoms with van der Waals surface area (Å²) < 4.78 is 5.72. The molecule has 0 spiro atoms. The Morgan fingerprint density at radius 3 is 3.05 bits per heavy atom. The normalized spacial score (nSPS) is 16.0. The summed E-state index contributed by atoms with van der Waals surface area (Å²) in [4.78, 5) is 14.1. The molecule has 0 aromatic heterocycles. The number of hydrogen-bond acceptors (Lipinski definition) is 4. The van der Waals surface area contributed by atoms with Crippen molar-refractivity contribution in [1.29, 1.82) is 0 Å². The second-order valence-corrected chi connectivity index (χ2v) is 4.68. The maximum atomic E-state index is 12.0. The monoisotopic (exact) mass is 263 g/mol. The molecule has 1 amide bonds. The molecule has 1 unspecified atom stereocenters. The van der Waals surface area contributed by atoms with E-state index in [2.05, 4.69) is 17.2 Å². The molecule has 19 heavy (non-hydrogen) atoms. The van der Waals surface area contributed by atoms with Crippen molar-refractivity contribution in [3.63, 3.8) is 0 Å². The Morgan fingerprint density at radius 1 is 1.53 bits per heavy atom. The highest BCUT2D eigenvalue weighted by atomic mass is 16.5. The van der Waals surface area contributed by atoms with E-state index in [0.717, 1.165) is 37.2 Å². The third-order valence-electron chi connectivity index (χ3n) is 3.36. The summed E-state index contributed by atoms with van der Waals surface area (Å²) in [6.07, 6.45) is 2.60. The molecule has 0 fully saturated rings. The lowest BCUT2D eigenvalue weighted by molar-refractivity contribution is -0.122. The lowest BCUT2D eigenvalue weighted by Gasteiger charge is -2.31. The van der Waals surface area contributed by atoms with Crippen LogP contribution >= 0.6 is 0 Å². The first-order valence-corrected chi connectivity index (χ1v) is 6.77. The van der Waals surface area contributed by atoms with Crippen molar-refractivity contribution in [3.05, 3.63) is 24.3 Å². The second-order valence-electron chi connectivity index (χ2n) is 4.68. The van der Waals surface area contributed by atoms with Gasteiger partial charge in [0.05, 0.1) is 12.3 Å². The molecule has 0 aliphatic carbocycles. The molecule has 0 radical (unpaired) electrons. The van der Waals surface area contributed by atoms with Crippen molar-refractivity contribution in [3.8, 4) is 5.75 Å². The van der Waals surface area contributed by atoms with Crippen molar-refractivity contribution in [2.24, 2.45) is 5.84 Å². The zero-order valence-corrected chi connectivity index (χ0v) is 11.3. The molecule has 1 atom stereocenters. The number of para-hydroxylation sites is 2. The van der Waals surface area contributed by atoms with Gasteiger partial charge >= 0.3 is 0 Å². The molecule has 0 saturated carbocycles. The molecule has 5 heteroatoms. The van der Waals surface area contributed by atoms with E-state index in [9.17, 15) is 4.79 Å². The van der Waals surface area contributed by atoms with E-state index in [4.69, 9.17) is 10.6 Å². The Morgan fingerprint density at radius 2 is 2.32 bits per heavy atom. The van der Waals surface area contributed by atoms with Crippen LogP contribution in [0, 0.1) is 0 Å². The van der Waals surface area contributed by atoms with Crippen LogP contribution in [0.4, 0.5) is 5.69 Å². The summed E-state index contributed by atoms with van der Waals surface area (Å²) in [5, 5.41) is 0. The smallest absolute Gasteiger partial charge is 0.256 e. The fraction of sp³-hybridized carbons (Fsp3) is 0.500. The number of nitrogens with two attached hydrogens (primary N) is 1. The van der Waals surface area contributed by atoms with Crippen LogP contribution in [0.25, 0.3) is 0 Å². The van der Waals surface area contributed by atoms with Gasteiger partial charge in [-0.15, -0.1) is 0 Å². The van der Waals surface area contributed by atoms with Crippen molar-refractivity contribution < 1.29 is 9.53 Å². The zero-order chi connectivity index (χ0) is 13.7. The predicted octanol–water partition coefficient (Wildman–Crippen LogP) is 1.43. The number of carbonyl (C=O) groups excluding carboxylic acids is 1. The van der Waals surface area contributed by atoms with Crippen LogP contribution < -0.4 is 20.9 Å². The van der Waals surface area contributed by atoms with Gasteiger partial charge in [0.2, 0.25) is 0 Å². The van der Waals surface area contributed by atoms with E-state index in [-0.39, 0.29) is 11.9 Å². The SMILES string of the molecule is CCCC(C(=O)NN)N1CCCOc2ccccc21. The third-order valence-corrected chi connectivity index (χ3v) is 3.36. The van der Waals surface area contributed by atoms with Crippen molar-refractivity contribution >= 4 is 11.6 Å². The van der Waals surface area contributed by atoms with Gasteiger partial charge in [-0.1, -0.05) is 25.5 Å². The van der Waals surface area contributed by atoms with Gasteiger partial charge in [-0.2, -0.15) is 0 Å². The van der Waals surface area contributed by atoms with E-state index in [1.54, 1.807) is 0 Å². The Labute approximate surface area is 113 Å². The minimum Gasteiger partial charge on any atom is -0.491 e. The number of carbonyl (C=O) groups is 1. The van der Waals surface area contributed by atoms with Crippen LogP contribution in [-0.2, 0) is 4.79 Å². The van der Waals surface area contributed by atoms with Gasteiger partial charge in [-0.05, 0) is 25.0 Å². The first kappa shape index (κ1) is 13.7. The van der Waals surface area contributed by atoms with Crippen molar-refractivity contribution in [2.45, 2.75) is 32.2 Å². The van der Waals surface area contributed by atoms with Crippen molar-refractivity contribution in [2.75, 3.05) is 18.1 Å². The zero-order valence-electron chi connectivity index (χ0n) is 11.3. The first-order chi connectivity index (χ1) is 9.27. The number of amides is 1. The van der Waals surface area contributed by atoms with E-state index in [1.165, 1.54) is 0 Å². The van der Waals surface area contributed by atoms with Crippen LogP contribution in [0.1, 0.15) is 26.2 Å². The number of nitrogens with zero attached hydrogens (tertiary/aromatic N) is 1.